The Hall–Kier alpha value is -1.33. The summed E-state index contributed by atoms with van der Waals surface area (Å²) < 4.78 is 0. The Kier molecular flexibility index (Phi) is 3.22. The average Bonchev–Trinajstić information content (AvgIpc) is 2.78. The van der Waals surface area contributed by atoms with E-state index in [1.54, 1.807) is 0 Å². The van der Waals surface area contributed by atoms with Crippen LogP contribution in [-0.4, -0.2) is 17.0 Å². The van der Waals surface area contributed by atoms with Crippen LogP contribution < -0.4 is 0 Å². The zero-order chi connectivity index (χ0) is 12.5. The summed E-state index contributed by atoms with van der Waals surface area (Å²) in [6.07, 6.45) is 2.49. The highest BCUT2D eigenvalue weighted by atomic mass is 15.2. The van der Waals surface area contributed by atoms with Gasteiger partial charge in [0.05, 0.1) is 11.6 Å². The molecule has 0 amide bonds. The van der Waals surface area contributed by atoms with Crippen molar-refractivity contribution in [3.8, 4) is 6.07 Å². The minimum absolute atomic E-state index is 0.217. The highest BCUT2D eigenvalue weighted by Gasteiger charge is 2.33. The van der Waals surface area contributed by atoms with Crippen LogP contribution in [0.25, 0.3) is 0 Å². The lowest BCUT2D eigenvalue weighted by molar-refractivity contribution is 0.121. The molecule has 1 unspecified atom stereocenters. The van der Waals surface area contributed by atoms with Gasteiger partial charge in [0.15, 0.2) is 0 Å². The Balaban J connectivity index is 2.24. The van der Waals surface area contributed by atoms with Crippen molar-refractivity contribution in [2.75, 3.05) is 6.54 Å². The summed E-state index contributed by atoms with van der Waals surface area (Å²) in [6.45, 7) is 7.99. The summed E-state index contributed by atoms with van der Waals surface area (Å²) in [5.41, 5.74) is 2.31. The van der Waals surface area contributed by atoms with Gasteiger partial charge in [0, 0.05) is 11.6 Å². The van der Waals surface area contributed by atoms with Crippen LogP contribution in [0.2, 0.25) is 0 Å². The van der Waals surface area contributed by atoms with Gasteiger partial charge in [-0.3, -0.25) is 4.90 Å². The molecule has 0 saturated carbocycles. The van der Waals surface area contributed by atoms with E-state index >= 15 is 0 Å². The summed E-state index contributed by atoms with van der Waals surface area (Å²) in [6, 6.07) is 10.7. The van der Waals surface area contributed by atoms with E-state index in [2.05, 4.69) is 43.9 Å². The fourth-order valence-electron chi connectivity index (χ4n) is 2.70. The van der Waals surface area contributed by atoms with Crippen molar-refractivity contribution in [3.05, 3.63) is 35.4 Å². The Morgan fingerprint density at radius 1 is 1.24 bits per heavy atom. The average molecular weight is 228 g/mol. The maximum atomic E-state index is 8.81. The third-order valence-electron chi connectivity index (χ3n) is 3.54. The van der Waals surface area contributed by atoms with E-state index < -0.39 is 0 Å². The Bertz CT molecular complexity index is 420. The van der Waals surface area contributed by atoms with Crippen LogP contribution >= 0.6 is 0 Å². The first-order valence-corrected chi connectivity index (χ1v) is 6.29. The lowest BCUT2D eigenvalue weighted by Crippen LogP contribution is -2.40. The third kappa shape index (κ3) is 2.50. The molecule has 1 aliphatic heterocycles. The second-order valence-corrected chi connectivity index (χ2v) is 5.76. The maximum Gasteiger partial charge on any atom is 0.0991 e. The van der Waals surface area contributed by atoms with E-state index in [0.29, 0.717) is 6.04 Å². The van der Waals surface area contributed by atoms with Gasteiger partial charge < -0.3 is 0 Å². The largest absolute Gasteiger partial charge is 0.291 e. The van der Waals surface area contributed by atoms with Crippen molar-refractivity contribution in [2.24, 2.45) is 0 Å². The lowest BCUT2D eigenvalue weighted by atomic mass is 9.98. The molecule has 1 atom stereocenters. The van der Waals surface area contributed by atoms with Crippen molar-refractivity contribution in [1.82, 2.24) is 4.90 Å². The van der Waals surface area contributed by atoms with Crippen LogP contribution in [-0.2, 0) is 0 Å². The van der Waals surface area contributed by atoms with Crippen LogP contribution in [0.3, 0.4) is 0 Å². The van der Waals surface area contributed by atoms with Gasteiger partial charge in [-0.1, -0.05) is 12.1 Å². The van der Waals surface area contributed by atoms with Gasteiger partial charge in [0.2, 0.25) is 0 Å². The van der Waals surface area contributed by atoms with Crippen molar-refractivity contribution in [2.45, 2.75) is 45.2 Å². The maximum absolute atomic E-state index is 8.81. The molecule has 90 valence electrons. The number of rotatable bonds is 1. The second-order valence-electron chi connectivity index (χ2n) is 5.76. The molecule has 17 heavy (non-hydrogen) atoms. The number of hydrogen-bond acceptors (Lipinski definition) is 2. The Labute approximate surface area is 104 Å². The molecule has 0 radical (unpaired) electrons. The molecule has 2 heteroatoms. The molecule has 2 rings (SSSR count). The zero-order valence-electron chi connectivity index (χ0n) is 10.9. The summed E-state index contributed by atoms with van der Waals surface area (Å²) >= 11 is 0. The number of likely N-dealkylation sites (tertiary alicyclic amines) is 1. The van der Waals surface area contributed by atoms with Crippen molar-refractivity contribution in [1.29, 1.82) is 5.26 Å². The molecular weight excluding hydrogens is 208 g/mol. The molecule has 2 nitrogen and oxygen atoms in total. The molecule has 1 aromatic carbocycles. The molecular formula is C15H20N2. The lowest BCUT2D eigenvalue weighted by Gasteiger charge is -2.37. The normalized spacial score (nSPS) is 21.4. The number of hydrogen-bond donors (Lipinski definition) is 0. The van der Waals surface area contributed by atoms with Gasteiger partial charge in [-0.25, -0.2) is 0 Å². The van der Waals surface area contributed by atoms with Gasteiger partial charge in [-0.2, -0.15) is 5.26 Å². The molecule has 1 aromatic rings. The minimum Gasteiger partial charge on any atom is -0.291 e. The SMILES string of the molecule is CC(C)(C)N1CCCC1c1ccc(C#N)cc1. The fraction of sp³-hybridized carbons (Fsp3) is 0.533. The third-order valence-corrected chi connectivity index (χ3v) is 3.54. The second kappa shape index (κ2) is 4.50. The summed E-state index contributed by atoms with van der Waals surface area (Å²) in [4.78, 5) is 2.56. The van der Waals surface area contributed by atoms with E-state index in [1.807, 2.05) is 12.1 Å². The van der Waals surface area contributed by atoms with Gasteiger partial charge in [0.1, 0.15) is 0 Å². The standard InChI is InChI=1S/C15H20N2/c1-15(2,3)17-10-4-5-14(17)13-8-6-12(11-16)7-9-13/h6-9,14H,4-5,10H2,1-3H3. The highest BCUT2D eigenvalue weighted by molar-refractivity contribution is 5.33. The number of nitriles is 1. The summed E-state index contributed by atoms with van der Waals surface area (Å²) in [7, 11) is 0. The van der Waals surface area contributed by atoms with Crippen LogP contribution in [0.1, 0.15) is 50.8 Å². The molecule has 0 aromatic heterocycles. The number of nitrogens with zero attached hydrogens (tertiary/aromatic N) is 2. The fourth-order valence-corrected chi connectivity index (χ4v) is 2.70. The minimum atomic E-state index is 0.217. The summed E-state index contributed by atoms with van der Waals surface area (Å²) in [5, 5.41) is 8.81. The van der Waals surface area contributed by atoms with Crippen LogP contribution in [0, 0.1) is 11.3 Å². The molecule has 0 aliphatic carbocycles. The van der Waals surface area contributed by atoms with E-state index in [9.17, 15) is 0 Å². The first kappa shape index (κ1) is 12.1. The highest BCUT2D eigenvalue weighted by Crippen LogP contribution is 2.37. The topological polar surface area (TPSA) is 27.0 Å². The monoisotopic (exact) mass is 228 g/mol. The van der Waals surface area contributed by atoms with Gasteiger partial charge >= 0.3 is 0 Å². The molecule has 1 heterocycles. The van der Waals surface area contributed by atoms with Crippen molar-refractivity contribution >= 4 is 0 Å². The number of benzene rings is 1. The Morgan fingerprint density at radius 2 is 1.88 bits per heavy atom. The van der Waals surface area contributed by atoms with Crippen molar-refractivity contribution in [3.63, 3.8) is 0 Å². The quantitative estimate of drug-likeness (QED) is 0.735. The van der Waals surface area contributed by atoms with Crippen LogP contribution in [0.5, 0.6) is 0 Å². The summed E-state index contributed by atoms with van der Waals surface area (Å²) in [5.74, 6) is 0. The van der Waals surface area contributed by atoms with E-state index in [-0.39, 0.29) is 5.54 Å². The molecule has 0 spiro atoms. The van der Waals surface area contributed by atoms with Gasteiger partial charge in [-0.05, 0) is 57.9 Å². The first-order valence-electron chi connectivity index (χ1n) is 6.29. The first-order chi connectivity index (χ1) is 8.02. The molecule has 0 N–H and O–H groups in total. The van der Waals surface area contributed by atoms with E-state index in [4.69, 9.17) is 5.26 Å². The van der Waals surface area contributed by atoms with Crippen molar-refractivity contribution < 1.29 is 0 Å². The molecule has 1 aliphatic rings. The van der Waals surface area contributed by atoms with Gasteiger partial charge in [0.25, 0.3) is 0 Å². The van der Waals surface area contributed by atoms with Crippen LogP contribution in [0.15, 0.2) is 24.3 Å². The van der Waals surface area contributed by atoms with E-state index in [0.717, 1.165) is 5.56 Å². The zero-order valence-corrected chi connectivity index (χ0v) is 10.9. The van der Waals surface area contributed by atoms with E-state index in [1.165, 1.54) is 24.9 Å². The predicted molar refractivity (Wildman–Crippen MR) is 69.6 cm³/mol. The molecule has 0 bridgehead atoms. The van der Waals surface area contributed by atoms with Crippen LogP contribution in [0.4, 0.5) is 0 Å². The molecule has 1 saturated heterocycles. The predicted octanol–water partition coefficient (Wildman–Crippen LogP) is 3.49. The van der Waals surface area contributed by atoms with Gasteiger partial charge in [-0.15, -0.1) is 0 Å². The Morgan fingerprint density at radius 3 is 2.41 bits per heavy atom. The molecule has 1 fully saturated rings. The smallest absolute Gasteiger partial charge is 0.0991 e.